The Morgan fingerprint density at radius 2 is 2.07 bits per heavy atom. The third-order valence-corrected chi connectivity index (χ3v) is 3.40. The summed E-state index contributed by atoms with van der Waals surface area (Å²) in [6, 6.07) is 0. The van der Waals surface area contributed by atoms with Crippen molar-refractivity contribution < 1.29 is 4.79 Å². The van der Waals surface area contributed by atoms with E-state index in [0.717, 1.165) is 38.5 Å². The third kappa shape index (κ3) is 2.64. The first-order valence-corrected chi connectivity index (χ1v) is 5.96. The van der Waals surface area contributed by atoms with Gasteiger partial charge in [-0.25, -0.2) is 0 Å². The number of nitrogens with one attached hydrogen (secondary N) is 1. The molecular weight excluding hydrogens is 196 g/mol. The van der Waals surface area contributed by atoms with E-state index in [0.29, 0.717) is 0 Å². The lowest BCUT2D eigenvalue weighted by Crippen LogP contribution is -2.48. The average molecular weight is 214 g/mol. The second-order valence-electron chi connectivity index (χ2n) is 4.27. The maximum atomic E-state index is 11.9. The van der Waals surface area contributed by atoms with Crippen LogP contribution < -0.4 is 5.32 Å². The van der Waals surface area contributed by atoms with Crippen LogP contribution in [0.2, 0.25) is 0 Å². The van der Waals surface area contributed by atoms with Crippen molar-refractivity contribution >= 4 is 18.5 Å². The molecule has 0 radical (unpaired) electrons. The van der Waals surface area contributed by atoms with Gasteiger partial charge < -0.3 is 10.2 Å². The van der Waals surface area contributed by atoms with Gasteiger partial charge in [0.1, 0.15) is 0 Å². The van der Waals surface area contributed by atoms with Crippen LogP contribution in [0, 0.1) is 5.92 Å². The summed E-state index contributed by atoms with van der Waals surface area (Å²) < 4.78 is 0. The monoisotopic (exact) mass is 214 g/mol. The number of thiol groups is 1. The highest BCUT2D eigenvalue weighted by Gasteiger charge is 2.29. The molecule has 1 N–H and O–H groups in total. The SMILES string of the molecule is O=C(C(S)CC1CC1)N1CCNCC1. The van der Waals surface area contributed by atoms with Crippen LogP contribution in [0.5, 0.6) is 0 Å². The Morgan fingerprint density at radius 1 is 1.43 bits per heavy atom. The molecule has 2 fully saturated rings. The highest BCUT2D eigenvalue weighted by atomic mass is 32.1. The predicted molar refractivity (Wildman–Crippen MR) is 59.6 cm³/mol. The van der Waals surface area contributed by atoms with E-state index in [1.54, 1.807) is 0 Å². The summed E-state index contributed by atoms with van der Waals surface area (Å²) in [6.45, 7) is 3.55. The second kappa shape index (κ2) is 4.53. The summed E-state index contributed by atoms with van der Waals surface area (Å²) in [5, 5.41) is 3.19. The van der Waals surface area contributed by atoms with Crippen LogP contribution in [0.15, 0.2) is 0 Å². The number of hydrogen-bond donors (Lipinski definition) is 2. The standard InChI is InChI=1S/C10H18N2OS/c13-10(9(14)7-8-1-2-8)12-5-3-11-4-6-12/h8-9,11,14H,1-7H2. The maximum Gasteiger partial charge on any atom is 0.235 e. The van der Waals surface area contributed by atoms with E-state index in [1.165, 1.54) is 12.8 Å². The maximum absolute atomic E-state index is 11.9. The molecule has 3 nitrogen and oxygen atoms in total. The molecule has 1 heterocycles. The number of rotatable bonds is 3. The zero-order valence-electron chi connectivity index (χ0n) is 8.41. The van der Waals surface area contributed by atoms with E-state index in [1.807, 2.05) is 4.90 Å². The van der Waals surface area contributed by atoms with Crippen molar-refractivity contribution in [1.82, 2.24) is 10.2 Å². The minimum Gasteiger partial charge on any atom is -0.339 e. The molecular formula is C10H18N2OS. The fraction of sp³-hybridized carbons (Fsp3) is 0.900. The van der Waals surface area contributed by atoms with Crippen molar-refractivity contribution in [2.75, 3.05) is 26.2 Å². The Labute approximate surface area is 90.6 Å². The molecule has 1 saturated heterocycles. The van der Waals surface area contributed by atoms with E-state index in [2.05, 4.69) is 17.9 Å². The Kier molecular flexibility index (Phi) is 3.34. The van der Waals surface area contributed by atoms with E-state index in [9.17, 15) is 4.79 Å². The molecule has 0 aromatic heterocycles. The van der Waals surface area contributed by atoms with Gasteiger partial charge >= 0.3 is 0 Å². The summed E-state index contributed by atoms with van der Waals surface area (Å²) in [6.07, 6.45) is 3.57. The highest BCUT2D eigenvalue weighted by Crippen LogP contribution is 2.35. The van der Waals surface area contributed by atoms with E-state index < -0.39 is 0 Å². The van der Waals surface area contributed by atoms with Crippen molar-refractivity contribution in [2.45, 2.75) is 24.5 Å². The first kappa shape index (κ1) is 10.3. The van der Waals surface area contributed by atoms with Crippen LogP contribution in [0.25, 0.3) is 0 Å². The summed E-state index contributed by atoms with van der Waals surface area (Å²) in [5.41, 5.74) is 0. The number of hydrogen-bond acceptors (Lipinski definition) is 3. The minimum atomic E-state index is -0.0550. The first-order chi connectivity index (χ1) is 6.77. The van der Waals surface area contributed by atoms with Crippen molar-refractivity contribution in [3.63, 3.8) is 0 Å². The van der Waals surface area contributed by atoms with Gasteiger partial charge in [-0.1, -0.05) is 12.8 Å². The molecule has 80 valence electrons. The number of carbonyl (C=O) groups excluding carboxylic acids is 1. The number of piperazine rings is 1. The molecule has 1 aliphatic heterocycles. The molecule has 1 saturated carbocycles. The zero-order valence-corrected chi connectivity index (χ0v) is 9.30. The number of nitrogens with zero attached hydrogens (tertiary/aromatic N) is 1. The fourth-order valence-corrected chi connectivity index (χ4v) is 2.33. The van der Waals surface area contributed by atoms with Gasteiger partial charge in [-0.3, -0.25) is 4.79 Å². The van der Waals surface area contributed by atoms with E-state index in [-0.39, 0.29) is 11.2 Å². The van der Waals surface area contributed by atoms with Gasteiger partial charge in [0.25, 0.3) is 0 Å². The van der Waals surface area contributed by atoms with Gasteiger partial charge in [0.2, 0.25) is 5.91 Å². The minimum absolute atomic E-state index is 0.0550. The third-order valence-electron chi connectivity index (χ3n) is 2.97. The van der Waals surface area contributed by atoms with Gasteiger partial charge in [0, 0.05) is 26.2 Å². The lowest BCUT2D eigenvalue weighted by molar-refractivity contribution is -0.131. The zero-order chi connectivity index (χ0) is 9.97. The fourth-order valence-electron chi connectivity index (χ4n) is 1.87. The van der Waals surface area contributed by atoms with Crippen LogP contribution >= 0.6 is 12.6 Å². The first-order valence-electron chi connectivity index (χ1n) is 5.45. The lowest BCUT2D eigenvalue weighted by atomic mass is 10.2. The Balaban J connectivity index is 1.79. The predicted octanol–water partition coefficient (Wildman–Crippen LogP) is 0.517. The van der Waals surface area contributed by atoms with Crippen molar-refractivity contribution in [3.8, 4) is 0 Å². The van der Waals surface area contributed by atoms with Crippen LogP contribution in [0.3, 0.4) is 0 Å². The molecule has 0 aromatic rings. The van der Waals surface area contributed by atoms with Gasteiger partial charge in [-0.15, -0.1) is 0 Å². The second-order valence-corrected chi connectivity index (χ2v) is 4.89. The highest BCUT2D eigenvalue weighted by molar-refractivity contribution is 7.81. The Hall–Kier alpha value is -0.220. The smallest absolute Gasteiger partial charge is 0.235 e. The molecule has 0 spiro atoms. The molecule has 1 unspecified atom stereocenters. The number of carbonyl (C=O) groups is 1. The molecule has 0 bridgehead atoms. The topological polar surface area (TPSA) is 32.3 Å². The van der Waals surface area contributed by atoms with Crippen LogP contribution in [-0.4, -0.2) is 42.2 Å². The van der Waals surface area contributed by atoms with E-state index in [4.69, 9.17) is 0 Å². The number of amides is 1. The molecule has 2 aliphatic rings. The Bertz CT molecular complexity index is 212. The van der Waals surface area contributed by atoms with Crippen molar-refractivity contribution in [3.05, 3.63) is 0 Å². The summed E-state index contributed by atoms with van der Waals surface area (Å²) in [4.78, 5) is 13.8. The molecule has 1 aliphatic carbocycles. The van der Waals surface area contributed by atoms with Crippen LogP contribution in [-0.2, 0) is 4.79 Å². The van der Waals surface area contributed by atoms with Gasteiger partial charge in [-0.05, 0) is 12.3 Å². The van der Waals surface area contributed by atoms with Gasteiger partial charge in [0.05, 0.1) is 5.25 Å². The van der Waals surface area contributed by atoms with Gasteiger partial charge in [0.15, 0.2) is 0 Å². The summed E-state index contributed by atoms with van der Waals surface area (Å²) in [7, 11) is 0. The lowest BCUT2D eigenvalue weighted by Gasteiger charge is -2.29. The van der Waals surface area contributed by atoms with E-state index >= 15 is 0 Å². The molecule has 4 heteroatoms. The average Bonchev–Trinajstić information content (AvgIpc) is 3.02. The largest absolute Gasteiger partial charge is 0.339 e. The van der Waals surface area contributed by atoms with Crippen LogP contribution in [0.1, 0.15) is 19.3 Å². The van der Waals surface area contributed by atoms with Crippen molar-refractivity contribution in [1.29, 1.82) is 0 Å². The molecule has 2 rings (SSSR count). The molecule has 14 heavy (non-hydrogen) atoms. The van der Waals surface area contributed by atoms with Gasteiger partial charge in [-0.2, -0.15) is 12.6 Å². The van der Waals surface area contributed by atoms with Crippen molar-refractivity contribution in [2.24, 2.45) is 5.92 Å². The molecule has 1 amide bonds. The normalized spacial score (nSPS) is 24.8. The molecule has 1 atom stereocenters. The molecule has 0 aromatic carbocycles. The summed E-state index contributed by atoms with van der Waals surface area (Å²) >= 11 is 4.40. The summed E-state index contributed by atoms with van der Waals surface area (Å²) in [5.74, 6) is 1.02. The quantitative estimate of drug-likeness (QED) is 0.671. The van der Waals surface area contributed by atoms with Crippen LogP contribution in [0.4, 0.5) is 0 Å². The Morgan fingerprint density at radius 3 is 2.64 bits per heavy atom.